The number of nitrogens with one attached hydrogen (secondary N) is 1. The Balaban J connectivity index is 1.97. The van der Waals surface area contributed by atoms with E-state index in [0.717, 1.165) is 10.2 Å². The van der Waals surface area contributed by atoms with Crippen molar-refractivity contribution in [2.45, 2.75) is 0 Å². The van der Waals surface area contributed by atoms with E-state index in [0.29, 0.717) is 0 Å². The third-order valence-electron chi connectivity index (χ3n) is 2.95. The summed E-state index contributed by atoms with van der Waals surface area (Å²) in [6.45, 7) is 0. The van der Waals surface area contributed by atoms with Gasteiger partial charge in [-0.15, -0.1) is 0 Å². The van der Waals surface area contributed by atoms with Crippen LogP contribution in [0.15, 0.2) is 71.3 Å². The predicted octanol–water partition coefficient (Wildman–Crippen LogP) is 5.11. The van der Waals surface area contributed by atoms with E-state index in [-0.39, 0.29) is 0 Å². The van der Waals surface area contributed by atoms with Crippen LogP contribution >= 0.6 is 15.9 Å². The quantitative estimate of drug-likeness (QED) is 0.676. The standard InChI is InChI=1S/C16H12BrN/c17-15-8-6-13(7-9-15)16-10-14(11-18-16)12-4-2-1-3-5-12/h1-11,18H. The van der Waals surface area contributed by atoms with Gasteiger partial charge in [0.15, 0.2) is 0 Å². The van der Waals surface area contributed by atoms with Gasteiger partial charge in [-0.2, -0.15) is 0 Å². The van der Waals surface area contributed by atoms with Crippen LogP contribution in [0.25, 0.3) is 22.4 Å². The van der Waals surface area contributed by atoms with Gasteiger partial charge < -0.3 is 4.98 Å². The van der Waals surface area contributed by atoms with Crippen molar-refractivity contribution < 1.29 is 0 Å². The molecule has 0 spiro atoms. The highest BCUT2D eigenvalue weighted by atomic mass is 79.9. The van der Waals surface area contributed by atoms with E-state index >= 15 is 0 Å². The number of halogens is 1. The number of aromatic nitrogens is 1. The molecule has 0 fully saturated rings. The molecule has 0 unspecified atom stereocenters. The number of hydrogen-bond donors (Lipinski definition) is 1. The Morgan fingerprint density at radius 2 is 1.44 bits per heavy atom. The van der Waals surface area contributed by atoms with Gasteiger partial charge >= 0.3 is 0 Å². The molecular formula is C16H12BrN. The molecule has 2 aromatic carbocycles. The van der Waals surface area contributed by atoms with Crippen LogP contribution in [-0.2, 0) is 0 Å². The van der Waals surface area contributed by atoms with E-state index in [9.17, 15) is 0 Å². The Hall–Kier alpha value is -1.80. The second-order valence-electron chi connectivity index (χ2n) is 4.17. The van der Waals surface area contributed by atoms with E-state index < -0.39 is 0 Å². The van der Waals surface area contributed by atoms with Crippen molar-refractivity contribution in [3.05, 3.63) is 71.3 Å². The number of H-pyrrole nitrogens is 1. The highest BCUT2D eigenvalue weighted by Gasteiger charge is 2.03. The molecular weight excluding hydrogens is 286 g/mol. The maximum absolute atomic E-state index is 3.45. The molecule has 1 heterocycles. The van der Waals surface area contributed by atoms with E-state index in [4.69, 9.17) is 0 Å². The average Bonchev–Trinajstić information content (AvgIpc) is 2.90. The van der Waals surface area contributed by atoms with Gasteiger partial charge in [-0.3, -0.25) is 0 Å². The maximum Gasteiger partial charge on any atom is 0.0460 e. The molecule has 0 aliphatic rings. The molecule has 0 atom stereocenters. The first kappa shape index (κ1) is 11.3. The molecule has 3 rings (SSSR count). The summed E-state index contributed by atoms with van der Waals surface area (Å²) in [4.78, 5) is 3.32. The minimum atomic E-state index is 1.10. The van der Waals surface area contributed by atoms with Crippen molar-refractivity contribution in [1.82, 2.24) is 4.98 Å². The maximum atomic E-state index is 3.45. The Kier molecular flexibility index (Phi) is 3.03. The molecule has 1 aromatic heterocycles. The van der Waals surface area contributed by atoms with Crippen LogP contribution in [-0.4, -0.2) is 4.98 Å². The molecule has 0 saturated carbocycles. The summed E-state index contributed by atoms with van der Waals surface area (Å²) in [5.74, 6) is 0. The lowest BCUT2D eigenvalue weighted by atomic mass is 10.1. The summed E-state index contributed by atoms with van der Waals surface area (Å²) >= 11 is 3.45. The molecule has 1 N–H and O–H groups in total. The molecule has 0 radical (unpaired) electrons. The molecule has 0 aliphatic carbocycles. The monoisotopic (exact) mass is 297 g/mol. The zero-order valence-electron chi connectivity index (χ0n) is 9.73. The smallest absolute Gasteiger partial charge is 0.0460 e. The van der Waals surface area contributed by atoms with E-state index in [1.165, 1.54) is 16.7 Å². The highest BCUT2D eigenvalue weighted by molar-refractivity contribution is 9.10. The first-order valence-corrected chi connectivity index (χ1v) is 6.62. The number of benzene rings is 2. The van der Waals surface area contributed by atoms with Crippen molar-refractivity contribution in [3.8, 4) is 22.4 Å². The predicted molar refractivity (Wildman–Crippen MR) is 79.4 cm³/mol. The molecule has 1 nitrogen and oxygen atoms in total. The zero-order valence-corrected chi connectivity index (χ0v) is 11.3. The Morgan fingerprint density at radius 1 is 0.722 bits per heavy atom. The third-order valence-corrected chi connectivity index (χ3v) is 3.47. The summed E-state index contributed by atoms with van der Waals surface area (Å²) < 4.78 is 1.10. The van der Waals surface area contributed by atoms with Crippen LogP contribution in [0.3, 0.4) is 0 Å². The number of rotatable bonds is 2. The SMILES string of the molecule is Brc1ccc(-c2cc(-c3ccccc3)c[nH]2)cc1. The van der Waals surface area contributed by atoms with Gasteiger partial charge in [0.25, 0.3) is 0 Å². The van der Waals surface area contributed by atoms with Gasteiger partial charge in [-0.05, 0) is 34.9 Å². The first-order valence-electron chi connectivity index (χ1n) is 5.83. The van der Waals surface area contributed by atoms with Crippen LogP contribution in [0.2, 0.25) is 0 Å². The average molecular weight is 298 g/mol. The van der Waals surface area contributed by atoms with Crippen molar-refractivity contribution >= 4 is 15.9 Å². The topological polar surface area (TPSA) is 15.8 Å². The van der Waals surface area contributed by atoms with Gasteiger partial charge in [0.05, 0.1) is 0 Å². The molecule has 3 aromatic rings. The van der Waals surface area contributed by atoms with E-state index in [1.807, 2.05) is 12.3 Å². The Bertz CT molecular complexity index is 638. The van der Waals surface area contributed by atoms with E-state index in [1.54, 1.807) is 0 Å². The summed E-state index contributed by atoms with van der Waals surface area (Å²) in [7, 11) is 0. The summed E-state index contributed by atoms with van der Waals surface area (Å²) in [5, 5.41) is 0. The molecule has 0 saturated heterocycles. The van der Waals surface area contributed by atoms with Crippen molar-refractivity contribution in [1.29, 1.82) is 0 Å². The number of aromatic amines is 1. The van der Waals surface area contributed by atoms with E-state index in [2.05, 4.69) is 75.5 Å². The number of hydrogen-bond acceptors (Lipinski definition) is 0. The fraction of sp³-hybridized carbons (Fsp3) is 0. The molecule has 0 aliphatic heterocycles. The van der Waals surface area contributed by atoms with Gasteiger partial charge in [-0.1, -0.05) is 58.4 Å². The minimum Gasteiger partial charge on any atom is -0.361 e. The van der Waals surface area contributed by atoms with Gasteiger partial charge in [0, 0.05) is 16.4 Å². The zero-order chi connectivity index (χ0) is 12.4. The molecule has 18 heavy (non-hydrogen) atoms. The second kappa shape index (κ2) is 4.83. The lowest BCUT2D eigenvalue weighted by Gasteiger charge is -1.98. The van der Waals surface area contributed by atoms with Crippen molar-refractivity contribution in [3.63, 3.8) is 0 Å². The third kappa shape index (κ3) is 2.24. The van der Waals surface area contributed by atoms with Crippen LogP contribution in [0.4, 0.5) is 0 Å². The molecule has 0 amide bonds. The van der Waals surface area contributed by atoms with Gasteiger partial charge in [0.1, 0.15) is 0 Å². The largest absolute Gasteiger partial charge is 0.361 e. The van der Waals surface area contributed by atoms with Crippen LogP contribution < -0.4 is 0 Å². The second-order valence-corrected chi connectivity index (χ2v) is 5.09. The van der Waals surface area contributed by atoms with Crippen LogP contribution in [0, 0.1) is 0 Å². The minimum absolute atomic E-state index is 1.10. The molecule has 2 heteroatoms. The lowest BCUT2D eigenvalue weighted by Crippen LogP contribution is -1.75. The van der Waals surface area contributed by atoms with Crippen LogP contribution in [0.1, 0.15) is 0 Å². The van der Waals surface area contributed by atoms with Crippen molar-refractivity contribution in [2.75, 3.05) is 0 Å². The van der Waals surface area contributed by atoms with Gasteiger partial charge in [0.2, 0.25) is 0 Å². The normalized spacial score (nSPS) is 10.5. The molecule has 0 bridgehead atoms. The summed E-state index contributed by atoms with van der Waals surface area (Å²) in [5.41, 5.74) is 4.78. The summed E-state index contributed by atoms with van der Waals surface area (Å²) in [6.07, 6.45) is 2.05. The fourth-order valence-electron chi connectivity index (χ4n) is 1.99. The highest BCUT2D eigenvalue weighted by Crippen LogP contribution is 2.26. The molecule has 88 valence electrons. The van der Waals surface area contributed by atoms with Crippen molar-refractivity contribution in [2.24, 2.45) is 0 Å². The first-order chi connectivity index (χ1) is 8.83. The fourth-order valence-corrected chi connectivity index (χ4v) is 2.25. The summed E-state index contributed by atoms with van der Waals surface area (Å²) in [6, 6.07) is 20.9. The van der Waals surface area contributed by atoms with Crippen LogP contribution in [0.5, 0.6) is 0 Å². The van der Waals surface area contributed by atoms with Gasteiger partial charge in [-0.25, -0.2) is 0 Å². The Labute approximate surface area is 115 Å². The lowest BCUT2D eigenvalue weighted by molar-refractivity contribution is 1.40. The Morgan fingerprint density at radius 3 is 2.17 bits per heavy atom.